The fraction of sp³-hybridized carbons (Fsp3) is 0.333. The standard InChI is InChI=1S/C21H24O2/c1-2-3-19-14-18(10-13-21(19)23)17-6-4-15(5-7-17)16-8-11-20(22)12-9-16/h4,6,8-15,17,22-23H,2-3,5,7H2,1H3. The van der Waals surface area contributed by atoms with Crippen LogP contribution in [0.4, 0.5) is 0 Å². The Morgan fingerprint density at radius 2 is 1.48 bits per heavy atom. The van der Waals surface area contributed by atoms with Gasteiger partial charge in [0.05, 0.1) is 0 Å². The quantitative estimate of drug-likeness (QED) is 0.756. The minimum atomic E-state index is 0.318. The molecule has 2 aromatic rings. The lowest BCUT2D eigenvalue weighted by Gasteiger charge is -2.24. The molecule has 23 heavy (non-hydrogen) atoms. The molecule has 2 atom stereocenters. The van der Waals surface area contributed by atoms with Crippen molar-refractivity contribution in [2.24, 2.45) is 0 Å². The number of hydrogen-bond donors (Lipinski definition) is 2. The highest BCUT2D eigenvalue weighted by Crippen LogP contribution is 2.36. The monoisotopic (exact) mass is 308 g/mol. The first-order valence-electron chi connectivity index (χ1n) is 8.46. The normalized spacial score (nSPS) is 20.6. The van der Waals surface area contributed by atoms with Crippen LogP contribution in [0.3, 0.4) is 0 Å². The Morgan fingerprint density at radius 1 is 0.870 bits per heavy atom. The molecule has 2 aromatic carbocycles. The van der Waals surface area contributed by atoms with Gasteiger partial charge >= 0.3 is 0 Å². The van der Waals surface area contributed by atoms with Gasteiger partial charge in [0.1, 0.15) is 11.5 Å². The van der Waals surface area contributed by atoms with E-state index in [1.54, 1.807) is 12.1 Å². The Kier molecular flexibility index (Phi) is 4.71. The first-order valence-corrected chi connectivity index (χ1v) is 8.46. The van der Waals surface area contributed by atoms with Crippen LogP contribution in [0.1, 0.15) is 54.7 Å². The average molecular weight is 308 g/mol. The summed E-state index contributed by atoms with van der Waals surface area (Å²) in [4.78, 5) is 0. The number of aryl methyl sites for hydroxylation is 1. The van der Waals surface area contributed by atoms with Crippen molar-refractivity contribution < 1.29 is 10.2 Å². The van der Waals surface area contributed by atoms with Gasteiger partial charge in [-0.25, -0.2) is 0 Å². The van der Waals surface area contributed by atoms with Gasteiger partial charge in [-0.3, -0.25) is 0 Å². The second kappa shape index (κ2) is 6.91. The molecule has 0 aliphatic heterocycles. The van der Waals surface area contributed by atoms with Crippen LogP contribution >= 0.6 is 0 Å². The molecule has 1 aliphatic carbocycles. The zero-order valence-corrected chi connectivity index (χ0v) is 13.6. The summed E-state index contributed by atoms with van der Waals surface area (Å²) in [5, 5.41) is 19.3. The molecule has 0 heterocycles. The van der Waals surface area contributed by atoms with Crippen LogP contribution in [-0.4, -0.2) is 10.2 Å². The number of allylic oxidation sites excluding steroid dienone is 2. The number of hydrogen-bond acceptors (Lipinski definition) is 2. The maximum absolute atomic E-state index is 9.94. The Morgan fingerprint density at radius 3 is 2.09 bits per heavy atom. The van der Waals surface area contributed by atoms with E-state index in [2.05, 4.69) is 25.1 Å². The summed E-state index contributed by atoms with van der Waals surface area (Å²) < 4.78 is 0. The molecule has 0 saturated heterocycles. The van der Waals surface area contributed by atoms with Crippen molar-refractivity contribution in [3.05, 3.63) is 71.3 Å². The predicted molar refractivity (Wildman–Crippen MR) is 94.1 cm³/mol. The number of aromatic hydroxyl groups is 2. The summed E-state index contributed by atoms with van der Waals surface area (Å²) in [6, 6.07) is 13.6. The lowest BCUT2D eigenvalue weighted by atomic mass is 9.81. The maximum Gasteiger partial charge on any atom is 0.118 e. The molecule has 120 valence electrons. The van der Waals surface area contributed by atoms with Gasteiger partial charge in [0.2, 0.25) is 0 Å². The molecule has 3 rings (SSSR count). The van der Waals surface area contributed by atoms with Crippen molar-refractivity contribution in [2.45, 2.75) is 44.4 Å². The second-order valence-electron chi connectivity index (χ2n) is 6.40. The van der Waals surface area contributed by atoms with E-state index in [1.807, 2.05) is 24.3 Å². The number of benzene rings is 2. The molecule has 2 N–H and O–H groups in total. The van der Waals surface area contributed by atoms with Gasteiger partial charge in [-0.1, -0.05) is 49.8 Å². The topological polar surface area (TPSA) is 40.5 Å². The van der Waals surface area contributed by atoms with Crippen LogP contribution in [0.2, 0.25) is 0 Å². The fourth-order valence-electron chi connectivity index (χ4n) is 3.40. The predicted octanol–water partition coefficient (Wildman–Crippen LogP) is 5.27. The molecule has 0 amide bonds. The Balaban J connectivity index is 1.75. The zero-order valence-electron chi connectivity index (χ0n) is 13.6. The number of rotatable bonds is 4. The third-order valence-corrected chi connectivity index (χ3v) is 4.74. The molecule has 2 nitrogen and oxygen atoms in total. The largest absolute Gasteiger partial charge is 0.508 e. The Bertz CT molecular complexity index is 685. The van der Waals surface area contributed by atoms with Crippen LogP contribution in [0, 0.1) is 0 Å². The lowest BCUT2D eigenvalue weighted by Crippen LogP contribution is -2.07. The lowest BCUT2D eigenvalue weighted by molar-refractivity contribution is 0.467. The van der Waals surface area contributed by atoms with E-state index < -0.39 is 0 Å². The van der Waals surface area contributed by atoms with E-state index in [0.29, 0.717) is 23.3 Å². The maximum atomic E-state index is 9.94. The number of phenolic OH excluding ortho intramolecular Hbond substituents is 2. The molecule has 2 heteroatoms. The van der Waals surface area contributed by atoms with Gasteiger partial charge in [-0.05, 0) is 54.2 Å². The van der Waals surface area contributed by atoms with E-state index in [9.17, 15) is 10.2 Å². The van der Waals surface area contributed by atoms with E-state index in [0.717, 1.165) is 31.2 Å². The van der Waals surface area contributed by atoms with E-state index in [4.69, 9.17) is 0 Å². The van der Waals surface area contributed by atoms with Crippen molar-refractivity contribution in [1.29, 1.82) is 0 Å². The highest BCUT2D eigenvalue weighted by Gasteiger charge is 2.19. The van der Waals surface area contributed by atoms with Crippen LogP contribution in [0.5, 0.6) is 11.5 Å². The molecular formula is C21H24O2. The van der Waals surface area contributed by atoms with Crippen molar-refractivity contribution in [2.75, 3.05) is 0 Å². The molecule has 0 bridgehead atoms. The Hall–Kier alpha value is -2.22. The van der Waals surface area contributed by atoms with Gasteiger partial charge in [-0.15, -0.1) is 0 Å². The van der Waals surface area contributed by atoms with Crippen LogP contribution in [-0.2, 0) is 6.42 Å². The molecule has 1 aliphatic rings. The van der Waals surface area contributed by atoms with Crippen LogP contribution < -0.4 is 0 Å². The first-order chi connectivity index (χ1) is 11.2. The van der Waals surface area contributed by atoms with E-state index in [-0.39, 0.29) is 0 Å². The Labute approximate surface area is 138 Å². The van der Waals surface area contributed by atoms with Crippen molar-refractivity contribution in [3.8, 4) is 11.5 Å². The van der Waals surface area contributed by atoms with Crippen LogP contribution in [0.25, 0.3) is 0 Å². The van der Waals surface area contributed by atoms with Gasteiger partial charge in [0.15, 0.2) is 0 Å². The number of phenols is 2. The molecule has 0 radical (unpaired) electrons. The van der Waals surface area contributed by atoms with Crippen LogP contribution in [0.15, 0.2) is 54.6 Å². The third-order valence-electron chi connectivity index (χ3n) is 4.74. The van der Waals surface area contributed by atoms with Gasteiger partial charge in [-0.2, -0.15) is 0 Å². The molecule has 2 unspecified atom stereocenters. The van der Waals surface area contributed by atoms with Crippen molar-refractivity contribution in [3.63, 3.8) is 0 Å². The van der Waals surface area contributed by atoms with Crippen molar-refractivity contribution in [1.82, 2.24) is 0 Å². The molecule has 0 aromatic heterocycles. The van der Waals surface area contributed by atoms with Gasteiger partial charge in [0, 0.05) is 11.8 Å². The highest BCUT2D eigenvalue weighted by atomic mass is 16.3. The molecule has 0 spiro atoms. The molecular weight excluding hydrogens is 284 g/mol. The van der Waals surface area contributed by atoms with Gasteiger partial charge < -0.3 is 10.2 Å². The fourth-order valence-corrected chi connectivity index (χ4v) is 3.40. The summed E-state index contributed by atoms with van der Waals surface area (Å²) in [6.45, 7) is 2.13. The van der Waals surface area contributed by atoms with Gasteiger partial charge in [0.25, 0.3) is 0 Å². The first kappa shape index (κ1) is 15.7. The zero-order chi connectivity index (χ0) is 16.2. The summed E-state index contributed by atoms with van der Waals surface area (Å²) in [6.07, 6.45) is 8.76. The average Bonchev–Trinajstić information content (AvgIpc) is 2.58. The summed E-state index contributed by atoms with van der Waals surface area (Å²) >= 11 is 0. The van der Waals surface area contributed by atoms with Crippen molar-refractivity contribution >= 4 is 0 Å². The smallest absolute Gasteiger partial charge is 0.118 e. The molecule has 0 saturated carbocycles. The molecule has 0 fully saturated rings. The van der Waals surface area contributed by atoms with E-state index >= 15 is 0 Å². The summed E-state index contributed by atoms with van der Waals surface area (Å²) in [7, 11) is 0. The minimum absolute atomic E-state index is 0.318. The summed E-state index contributed by atoms with van der Waals surface area (Å²) in [5.74, 6) is 1.59. The minimum Gasteiger partial charge on any atom is -0.508 e. The summed E-state index contributed by atoms with van der Waals surface area (Å²) in [5.41, 5.74) is 3.61. The SMILES string of the molecule is CCCc1cc(C2C=CC(c3ccc(O)cc3)CC2)ccc1O. The van der Waals surface area contributed by atoms with E-state index in [1.165, 1.54) is 11.1 Å². The third kappa shape index (κ3) is 3.58. The highest BCUT2D eigenvalue weighted by molar-refractivity contribution is 5.40. The second-order valence-corrected chi connectivity index (χ2v) is 6.40.